The maximum atomic E-state index is 12.9. The van der Waals surface area contributed by atoms with Crippen molar-refractivity contribution < 1.29 is 22.3 Å². The molecule has 0 fully saturated rings. The number of nitrogens with zero attached hydrogens (tertiary/aromatic N) is 2. The number of amides is 1. The normalized spacial score (nSPS) is 15.3. The highest BCUT2D eigenvalue weighted by molar-refractivity contribution is 7.90. The van der Waals surface area contributed by atoms with Crippen molar-refractivity contribution in [1.29, 1.82) is 0 Å². The average molecular weight is 426 g/mol. The monoisotopic (exact) mass is 426 g/mol. The largest absolute Gasteiger partial charge is 0.439 e. The summed E-state index contributed by atoms with van der Waals surface area (Å²) in [7, 11) is -3.65. The van der Waals surface area contributed by atoms with Crippen molar-refractivity contribution in [2.24, 2.45) is 4.99 Å². The summed E-state index contributed by atoms with van der Waals surface area (Å²) < 4.78 is 44.8. The van der Waals surface area contributed by atoms with Gasteiger partial charge in [0.05, 0.1) is 16.8 Å². The Morgan fingerprint density at radius 1 is 1.10 bits per heavy atom. The number of carbonyl (C=O) groups excluding carboxylic acids is 1. The van der Waals surface area contributed by atoms with E-state index in [1.807, 2.05) is 0 Å². The predicted molar refractivity (Wildman–Crippen MR) is 108 cm³/mol. The van der Waals surface area contributed by atoms with E-state index in [2.05, 4.69) is 20.0 Å². The molecular formula is C20H15FN4O4S. The van der Waals surface area contributed by atoms with Gasteiger partial charge in [-0.05, 0) is 42.5 Å². The van der Waals surface area contributed by atoms with E-state index in [4.69, 9.17) is 4.74 Å². The fraction of sp³-hybridized carbons (Fsp3) is 0.0500. The third-order valence-electron chi connectivity index (χ3n) is 4.10. The molecule has 0 saturated heterocycles. The Hall–Kier alpha value is -3.79. The minimum atomic E-state index is -3.65. The first-order valence-electron chi connectivity index (χ1n) is 8.77. The fourth-order valence-electron chi connectivity index (χ4n) is 2.74. The number of halogens is 1. The van der Waals surface area contributed by atoms with Gasteiger partial charge < -0.3 is 10.1 Å². The van der Waals surface area contributed by atoms with Crippen LogP contribution in [0.3, 0.4) is 0 Å². The van der Waals surface area contributed by atoms with Gasteiger partial charge in [0.2, 0.25) is 11.8 Å². The number of sulfonamides is 1. The number of hydrogen-bond donors (Lipinski definition) is 2. The van der Waals surface area contributed by atoms with Crippen LogP contribution in [-0.4, -0.2) is 31.7 Å². The Labute approximate surface area is 171 Å². The lowest BCUT2D eigenvalue weighted by Crippen LogP contribution is -2.24. The Kier molecular flexibility index (Phi) is 5.15. The van der Waals surface area contributed by atoms with Crippen LogP contribution >= 0.6 is 0 Å². The van der Waals surface area contributed by atoms with Crippen molar-refractivity contribution in [3.05, 3.63) is 78.2 Å². The van der Waals surface area contributed by atoms with E-state index in [0.29, 0.717) is 17.0 Å². The molecule has 0 spiro atoms. The summed E-state index contributed by atoms with van der Waals surface area (Å²) in [4.78, 5) is 20.4. The summed E-state index contributed by atoms with van der Waals surface area (Å²) in [6.45, 7) is -0.278. The molecular weight excluding hydrogens is 411 g/mol. The number of aromatic nitrogens is 1. The lowest BCUT2D eigenvalue weighted by Gasteiger charge is -2.07. The summed E-state index contributed by atoms with van der Waals surface area (Å²) in [6, 6.07) is 15.0. The maximum Gasteiger partial charge on any atom is 0.263 e. The van der Waals surface area contributed by atoms with Crippen LogP contribution in [0.5, 0.6) is 11.6 Å². The molecule has 0 unspecified atom stereocenters. The van der Waals surface area contributed by atoms with E-state index >= 15 is 0 Å². The predicted octanol–water partition coefficient (Wildman–Crippen LogP) is 2.69. The third-order valence-corrected chi connectivity index (χ3v) is 5.50. The molecule has 2 N–H and O–H groups in total. The molecule has 0 atom stereocenters. The lowest BCUT2D eigenvalue weighted by molar-refractivity contribution is -0.114. The number of pyridine rings is 1. The van der Waals surface area contributed by atoms with Gasteiger partial charge in [0.25, 0.3) is 10.0 Å². The van der Waals surface area contributed by atoms with Crippen molar-refractivity contribution in [3.63, 3.8) is 0 Å². The minimum Gasteiger partial charge on any atom is -0.439 e. The van der Waals surface area contributed by atoms with Crippen LogP contribution in [0.2, 0.25) is 0 Å². The van der Waals surface area contributed by atoms with E-state index < -0.39 is 15.9 Å². The number of hydrogen-bond acceptors (Lipinski definition) is 6. The summed E-state index contributed by atoms with van der Waals surface area (Å²) in [5.41, 5.74) is 0.841. The van der Waals surface area contributed by atoms with Crippen LogP contribution in [0.15, 0.2) is 76.7 Å². The number of ether oxygens (including phenoxy) is 1. The van der Waals surface area contributed by atoms with Crippen LogP contribution < -0.4 is 14.8 Å². The zero-order chi connectivity index (χ0) is 21.1. The number of nitrogens with one attached hydrogen (secondary N) is 2. The van der Waals surface area contributed by atoms with Crippen molar-refractivity contribution in [2.75, 3.05) is 11.9 Å². The molecule has 1 aliphatic rings. The molecule has 0 bridgehead atoms. The van der Waals surface area contributed by atoms with E-state index in [-0.39, 0.29) is 29.0 Å². The first-order chi connectivity index (χ1) is 14.4. The molecule has 1 aliphatic heterocycles. The highest BCUT2D eigenvalue weighted by atomic mass is 32.2. The zero-order valence-electron chi connectivity index (χ0n) is 15.4. The Bertz CT molecular complexity index is 1230. The van der Waals surface area contributed by atoms with E-state index in [1.165, 1.54) is 36.5 Å². The van der Waals surface area contributed by atoms with E-state index in [9.17, 15) is 17.6 Å². The van der Waals surface area contributed by atoms with Gasteiger partial charge in [-0.25, -0.2) is 17.8 Å². The lowest BCUT2D eigenvalue weighted by atomic mass is 10.2. The number of benzene rings is 2. The number of fused-ring (bicyclic) bond motifs is 1. The molecule has 30 heavy (non-hydrogen) atoms. The van der Waals surface area contributed by atoms with Crippen molar-refractivity contribution in [3.8, 4) is 11.6 Å². The van der Waals surface area contributed by atoms with Crippen molar-refractivity contribution >= 4 is 27.5 Å². The Morgan fingerprint density at radius 2 is 1.87 bits per heavy atom. The number of aliphatic imine (C=N–C) groups is 1. The quantitative estimate of drug-likeness (QED) is 0.652. The van der Waals surface area contributed by atoms with Crippen molar-refractivity contribution in [2.45, 2.75) is 4.90 Å². The van der Waals surface area contributed by atoms with Crippen LogP contribution in [0.25, 0.3) is 0 Å². The molecule has 0 radical (unpaired) electrons. The molecule has 0 aliphatic carbocycles. The van der Waals surface area contributed by atoms with E-state index in [1.54, 1.807) is 30.3 Å². The van der Waals surface area contributed by atoms with Gasteiger partial charge in [-0.1, -0.05) is 12.1 Å². The molecule has 152 valence electrons. The van der Waals surface area contributed by atoms with Gasteiger partial charge in [0.15, 0.2) is 0 Å². The van der Waals surface area contributed by atoms with Gasteiger partial charge in [0, 0.05) is 11.6 Å². The number of amidine groups is 1. The SMILES string of the molecule is O=C(CN=C1NS(=O)(=O)c2ccccc21)Nc1ccc(Oc2ccc(F)cc2)nc1. The number of rotatable bonds is 5. The van der Waals surface area contributed by atoms with Gasteiger partial charge >= 0.3 is 0 Å². The average Bonchev–Trinajstić information content (AvgIpc) is 3.00. The summed E-state index contributed by atoms with van der Waals surface area (Å²) in [6.07, 6.45) is 1.40. The third kappa shape index (κ3) is 4.28. The second-order valence-electron chi connectivity index (χ2n) is 6.26. The highest BCUT2D eigenvalue weighted by Gasteiger charge is 2.30. The highest BCUT2D eigenvalue weighted by Crippen LogP contribution is 2.22. The first kappa shape index (κ1) is 19.5. The molecule has 3 aromatic rings. The molecule has 2 aromatic carbocycles. The standard InChI is InChI=1S/C20H15FN4O4S/c21-13-5-8-15(9-6-13)29-19-10-7-14(11-22-19)24-18(26)12-23-20-16-3-1-2-4-17(16)30(27,28)25-20/h1-11H,12H2,(H,23,25)(H,24,26). The van der Waals surface area contributed by atoms with Crippen LogP contribution in [-0.2, 0) is 14.8 Å². The fourth-order valence-corrected chi connectivity index (χ4v) is 3.99. The topological polar surface area (TPSA) is 110 Å². The van der Waals surface area contributed by atoms with Crippen LogP contribution in [0.4, 0.5) is 10.1 Å². The van der Waals surface area contributed by atoms with Gasteiger partial charge in [0.1, 0.15) is 23.9 Å². The van der Waals surface area contributed by atoms with Crippen LogP contribution in [0.1, 0.15) is 5.56 Å². The number of carbonyl (C=O) groups is 1. The van der Waals surface area contributed by atoms with Crippen molar-refractivity contribution in [1.82, 2.24) is 9.71 Å². The Morgan fingerprint density at radius 3 is 2.60 bits per heavy atom. The zero-order valence-corrected chi connectivity index (χ0v) is 16.2. The van der Waals surface area contributed by atoms with Crippen LogP contribution in [0, 0.1) is 5.82 Å². The molecule has 4 rings (SSSR count). The van der Waals surface area contributed by atoms with E-state index in [0.717, 1.165) is 0 Å². The Balaban J connectivity index is 1.38. The molecule has 1 amide bonds. The summed E-state index contributed by atoms with van der Waals surface area (Å²) in [5.74, 6) is 0.0143. The molecule has 0 saturated carbocycles. The summed E-state index contributed by atoms with van der Waals surface area (Å²) >= 11 is 0. The molecule has 8 nitrogen and oxygen atoms in total. The van der Waals surface area contributed by atoms with Gasteiger partial charge in [-0.2, -0.15) is 0 Å². The summed E-state index contributed by atoms with van der Waals surface area (Å²) in [5, 5.41) is 2.62. The second kappa shape index (κ2) is 7.91. The maximum absolute atomic E-state index is 12.9. The van der Waals surface area contributed by atoms with Gasteiger partial charge in [-0.3, -0.25) is 14.5 Å². The molecule has 2 heterocycles. The first-order valence-corrected chi connectivity index (χ1v) is 10.2. The smallest absolute Gasteiger partial charge is 0.263 e. The van der Waals surface area contributed by atoms with Gasteiger partial charge in [-0.15, -0.1) is 0 Å². The molecule has 1 aromatic heterocycles. The number of anilines is 1. The molecule has 10 heteroatoms. The second-order valence-corrected chi connectivity index (χ2v) is 7.91. The minimum absolute atomic E-state index is 0.127.